The van der Waals surface area contributed by atoms with Crippen molar-refractivity contribution in [2.24, 2.45) is 4.99 Å². The Bertz CT molecular complexity index is 673. The van der Waals surface area contributed by atoms with Crippen molar-refractivity contribution < 1.29 is 35.1 Å². The highest BCUT2D eigenvalue weighted by Gasteiger charge is 2.62. The maximum absolute atomic E-state index is 13.4. The Morgan fingerprint density at radius 2 is 1.44 bits per heavy atom. The molecule has 0 aliphatic heterocycles. The number of hydrogen-bond acceptors (Lipinski definition) is 1. The van der Waals surface area contributed by atoms with Gasteiger partial charge in [0.1, 0.15) is 0 Å². The second-order valence-electron chi connectivity index (χ2n) is 5.69. The van der Waals surface area contributed by atoms with Gasteiger partial charge in [0.15, 0.2) is 5.84 Å². The topological polar surface area (TPSA) is 15.6 Å². The smallest absolute Gasteiger partial charge is 0.361 e. The van der Waals surface area contributed by atoms with Crippen molar-refractivity contribution in [1.29, 1.82) is 0 Å². The Hall–Kier alpha value is -1.29. The predicted octanol–water partition coefficient (Wildman–Crippen LogP) is 6.10. The van der Waals surface area contributed by atoms with Gasteiger partial charge in [-0.25, -0.2) is 0 Å². The first kappa shape index (κ1) is 23.7. The minimum Gasteiger partial charge on any atom is -0.361 e. The molecule has 0 amide bonds. The quantitative estimate of drug-likeness (QED) is 0.232. The third-order valence-electron chi connectivity index (χ3n) is 3.38. The van der Waals surface area contributed by atoms with E-state index in [0.717, 1.165) is 14.1 Å². The molecule has 0 bridgehead atoms. The zero-order chi connectivity index (χ0) is 21.2. The summed E-state index contributed by atoms with van der Waals surface area (Å²) < 4.78 is 102. The van der Waals surface area contributed by atoms with Crippen LogP contribution in [0.4, 0.5) is 35.1 Å². The first-order chi connectivity index (χ1) is 12.1. The molecule has 0 spiro atoms. The molecule has 27 heavy (non-hydrogen) atoms. The number of rotatable bonds is 5. The Morgan fingerprint density at radius 1 is 0.963 bits per heavy atom. The van der Waals surface area contributed by atoms with E-state index >= 15 is 0 Å². The van der Waals surface area contributed by atoms with Crippen LogP contribution in [-0.4, -0.2) is 43.5 Å². The summed E-state index contributed by atoms with van der Waals surface area (Å²) in [6.45, 7) is -0.438. The average molecular weight is 445 g/mol. The van der Waals surface area contributed by atoms with Crippen molar-refractivity contribution in [2.45, 2.75) is 31.1 Å². The van der Waals surface area contributed by atoms with Crippen LogP contribution in [0.15, 0.2) is 17.1 Å². The Morgan fingerprint density at radius 3 is 1.81 bits per heavy atom. The molecule has 0 fully saturated rings. The molecule has 0 aromatic heterocycles. The Kier molecular flexibility index (Phi) is 7.37. The summed E-state index contributed by atoms with van der Waals surface area (Å²) in [6.07, 6.45) is -10.6. The molecule has 1 rings (SSSR count). The van der Waals surface area contributed by atoms with Crippen LogP contribution in [0.25, 0.3) is 0 Å². The van der Waals surface area contributed by atoms with Crippen molar-refractivity contribution in [1.82, 2.24) is 4.90 Å². The molecule has 0 aliphatic carbocycles. The van der Waals surface area contributed by atoms with E-state index in [2.05, 4.69) is 4.99 Å². The van der Waals surface area contributed by atoms with Gasteiger partial charge >= 0.3 is 18.3 Å². The number of benzene rings is 1. The number of halogens is 10. The van der Waals surface area contributed by atoms with E-state index < -0.39 is 36.2 Å². The summed E-state index contributed by atoms with van der Waals surface area (Å²) in [7, 11) is 1.98. The lowest BCUT2D eigenvalue weighted by Crippen LogP contribution is -2.50. The van der Waals surface area contributed by atoms with Gasteiger partial charge in [-0.3, -0.25) is 4.99 Å². The van der Waals surface area contributed by atoms with Crippen LogP contribution >= 0.6 is 23.2 Å². The second-order valence-corrected chi connectivity index (χ2v) is 6.51. The highest BCUT2D eigenvalue weighted by Crippen LogP contribution is 2.38. The highest BCUT2D eigenvalue weighted by atomic mass is 35.5. The average Bonchev–Trinajstić information content (AvgIpc) is 2.46. The lowest BCUT2D eigenvalue weighted by atomic mass is 10.1. The first-order valence-electron chi connectivity index (χ1n) is 7.31. The minimum atomic E-state index is -5.81. The van der Waals surface area contributed by atoms with E-state index in [0.29, 0.717) is 17.0 Å². The van der Waals surface area contributed by atoms with Gasteiger partial charge in [-0.2, -0.15) is 35.1 Å². The number of amidine groups is 1. The van der Waals surface area contributed by atoms with Gasteiger partial charge in [0, 0.05) is 30.7 Å². The zero-order valence-corrected chi connectivity index (χ0v) is 15.5. The highest BCUT2D eigenvalue weighted by molar-refractivity contribution is 6.36. The fraction of sp³-hybridized carbons (Fsp3) is 0.533. The van der Waals surface area contributed by atoms with Crippen LogP contribution in [0.3, 0.4) is 0 Å². The number of alkyl halides is 8. The molecule has 12 heteroatoms. The molecule has 0 saturated heterocycles. The molecular formula is C15H14Cl2F8N2. The van der Waals surface area contributed by atoms with E-state index in [4.69, 9.17) is 23.2 Å². The van der Waals surface area contributed by atoms with Crippen molar-refractivity contribution >= 4 is 29.0 Å². The fourth-order valence-electron chi connectivity index (χ4n) is 2.09. The minimum absolute atomic E-state index is 0.0579. The van der Waals surface area contributed by atoms with Crippen molar-refractivity contribution in [2.75, 3.05) is 20.6 Å². The van der Waals surface area contributed by atoms with E-state index in [1.54, 1.807) is 0 Å². The Labute approximate surface area is 159 Å². The molecule has 2 nitrogen and oxygen atoms in total. The molecule has 0 atom stereocenters. The standard InChI is InChI=1S/C15H14Cl2F8N2/c1-27(2)12(13(18,19)15(23,24)25)26-5-3-4-9-10(16)6-8(7-11(9)17)14(20,21)22/h6-7H,3-5H2,1-2H3. The lowest BCUT2D eigenvalue weighted by molar-refractivity contribution is -0.252. The molecule has 0 N–H and O–H groups in total. The van der Waals surface area contributed by atoms with Gasteiger partial charge in [-0.15, -0.1) is 0 Å². The summed E-state index contributed by atoms with van der Waals surface area (Å²) >= 11 is 11.5. The zero-order valence-electron chi connectivity index (χ0n) is 14.0. The normalized spacial score (nSPS) is 13.9. The molecule has 0 heterocycles. The molecule has 154 valence electrons. The monoisotopic (exact) mass is 444 g/mol. The molecule has 0 radical (unpaired) electrons. The van der Waals surface area contributed by atoms with Gasteiger partial charge < -0.3 is 4.90 Å². The number of hydrogen-bond donors (Lipinski definition) is 0. The van der Waals surface area contributed by atoms with Crippen molar-refractivity contribution in [3.63, 3.8) is 0 Å². The summed E-state index contributed by atoms with van der Waals surface area (Å²) in [4.78, 5) is 3.85. The molecule has 1 aromatic carbocycles. The van der Waals surface area contributed by atoms with Crippen LogP contribution in [0.2, 0.25) is 10.0 Å². The van der Waals surface area contributed by atoms with Crippen LogP contribution in [0.5, 0.6) is 0 Å². The van der Waals surface area contributed by atoms with Crippen molar-refractivity contribution in [3.05, 3.63) is 33.3 Å². The molecular weight excluding hydrogens is 431 g/mol. The number of aliphatic imine (C=N–C) groups is 1. The second kappa shape index (κ2) is 8.38. The van der Waals surface area contributed by atoms with E-state index in [1.807, 2.05) is 0 Å². The van der Waals surface area contributed by atoms with Gasteiger partial charge in [-0.1, -0.05) is 23.2 Å². The third-order valence-corrected chi connectivity index (χ3v) is 4.05. The lowest BCUT2D eigenvalue weighted by Gasteiger charge is -2.26. The van der Waals surface area contributed by atoms with Crippen LogP contribution in [0, 0.1) is 0 Å². The van der Waals surface area contributed by atoms with Crippen LogP contribution in [-0.2, 0) is 12.6 Å². The summed E-state index contributed by atoms with van der Waals surface area (Å²) in [5.74, 6) is -6.61. The first-order valence-corrected chi connectivity index (χ1v) is 8.06. The van der Waals surface area contributed by atoms with E-state index in [1.165, 1.54) is 0 Å². The van der Waals surface area contributed by atoms with Gasteiger partial charge in [0.25, 0.3) is 0 Å². The summed E-state index contributed by atoms with van der Waals surface area (Å²) in [6, 6.07) is 1.32. The number of nitrogens with zero attached hydrogens (tertiary/aromatic N) is 2. The Balaban J connectivity index is 2.93. The van der Waals surface area contributed by atoms with Gasteiger partial charge in [0.2, 0.25) is 0 Å². The maximum Gasteiger partial charge on any atom is 0.461 e. The van der Waals surface area contributed by atoms with Crippen molar-refractivity contribution in [3.8, 4) is 0 Å². The predicted molar refractivity (Wildman–Crippen MR) is 86.8 cm³/mol. The SMILES string of the molecule is CN(C)C(=NCCCc1c(Cl)cc(C(F)(F)F)cc1Cl)C(F)(F)C(F)(F)F. The fourth-order valence-corrected chi connectivity index (χ4v) is 2.77. The third kappa shape index (κ3) is 5.84. The maximum atomic E-state index is 13.4. The van der Waals surface area contributed by atoms with E-state index in [-0.39, 0.29) is 28.5 Å². The summed E-state index contributed by atoms with van der Waals surface area (Å²) in [5, 5.41) is -0.570. The molecule has 0 saturated carbocycles. The largest absolute Gasteiger partial charge is 0.461 e. The molecule has 0 aliphatic rings. The van der Waals surface area contributed by atoms with E-state index in [9.17, 15) is 35.1 Å². The van der Waals surface area contributed by atoms with Crippen LogP contribution < -0.4 is 0 Å². The molecule has 1 aromatic rings. The summed E-state index contributed by atoms with van der Waals surface area (Å²) in [5.41, 5.74) is -0.936. The van der Waals surface area contributed by atoms with Gasteiger partial charge in [0.05, 0.1) is 5.56 Å². The van der Waals surface area contributed by atoms with Crippen LogP contribution in [0.1, 0.15) is 17.5 Å². The molecule has 0 unspecified atom stereocenters. The van der Waals surface area contributed by atoms with Gasteiger partial charge in [-0.05, 0) is 30.5 Å².